The highest BCUT2D eigenvalue weighted by molar-refractivity contribution is 5.65. The fourth-order valence-corrected chi connectivity index (χ4v) is 2.81. The van der Waals surface area contributed by atoms with Crippen molar-refractivity contribution in [3.8, 4) is 0 Å². The van der Waals surface area contributed by atoms with E-state index in [1.807, 2.05) is 0 Å². The van der Waals surface area contributed by atoms with Crippen molar-refractivity contribution in [1.29, 1.82) is 0 Å². The largest absolute Gasteiger partial charge is 0.345 e. The Bertz CT molecular complexity index is 649. The molecule has 124 valence electrons. The monoisotopic (exact) mass is 309 g/mol. The third kappa shape index (κ3) is 4.60. The van der Waals surface area contributed by atoms with E-state index in [9.17, 15) is 0 Å². The molecule has 0 bridgehead atoms. The minimum atomic E-state index is 0.171. The van der Waals surface area contributed by atoms with Gasteiger partial charge in [0.2, 0.25) is 0 Å². The lowest BCUT2D eigenvalue weighted by Gasteiger charge is -2.26. The molecule has 0 aliphatic heterocycles. The Labute approximate surface area is 142 Å². The lowest BCUT2D eigenvalue weighted by atomic mass is 9.85. The van der Waals surface area contributed by atoms with E-state index >= 15 is 0 Å². The van der Waals surface area contributed by atoms with Crippen LogP contribution >= 0.6 is 0 Å². The normalized spacial score (nSPS) is 11.6. The van der Waals surface area contributed by atoms with Gasteiger partial charge in [-0.25, -0.2) is 0 Å². The standard InChI is InChI=1S/C22H31N/c1-7-8-11-18-14-19(22(3,4)5)16-21(15-18)23(6)20-12-9-10-17(2)13-20/h9-10,12-16H,7-8,11H2,1-6H3. The van der Waals surface area contributed by atoms with Crippen molar-refractivity contribution in [2.75, 3.05) is 11.9 Å². The molecule has 0 amide bonds. The van der Waals surface area contributed by atoms with Gasteiger partial charge in [-0.1, -0.05) is 52.3 Å². The minimum absolute atomic E-state index is 0.171. The Balaban J connectivity index is 2.43. The summed E-state index contributed by atoms with van der Waals surface area (Å²) < 4.78 is 0. The molecule has 0 heterocycles. The second kappa shape index (κ2) is 7.21. The van der Waals surface area contributed by atoms with E-state index in [2.05, 4.69) is 89.0 Å². The molecule has 0 spiro atoms. The van der Waals surface area contributed by atoms with Gasteiger partial charge < -0.3 is 4.90 Å². The van der Waals surface area contributed by atoms with Crippen molar-refractivity contribution < 1.29 is 0 Å². The van der Waals surface area contributed by atoms with E-state index in [0.29, 0.717) is 0 Å². The molecule has 0 aliphatic rings. The molecule has 2 aromatic carbocycles. The smallest absolute Gasteiger partial charge is 0.0413 e. The Morgan fingerprint density at radius 3 is 2.30 bits per heavy atom. The van der Waals surface area contributed by atoms with E-state index in [-0.39, 0.29) is 5.41 Å². The van der Waals surface area contributed by atoms with Crippen molar-refractivity contribution in [3.05, 3.63) is 59.2 Å². The van der Waals surface area contributed by atoms with Crippen LogP contribution in [0.25, 0.3) is 0 Å². The number of rotatable bonds is 5. The van der Waals surface area contributed by atoms with Gasteiger partial charge in [-0.2, -0.15) is 0 Å². The van der Waals surface area contributed by atoms with Gasteiger partial charge in [0, 0.05) is 18.4 Å². The maximum absolute atomic E-state index is 2.39. The third-order valence-corrected chi connectivity index (χ3v) is 4.44. The molecular formula is C22H31N. The Morgan fingerprint density at radius 2 is 1.70 bits per heavy atom. The third-order valence-electron chi connectivity index (χ3n) is 4.44. The van der Waals surface area contributed by atoms with Gasteiger partial charge in [-0.3, -0.25) is 0 Å². The number of nitrogens with zero attached hydrogens (tertiary/aromatic N) is 1. The van der Waals surface area contributed by atoms with Crippen molar-refractivity contribution in [2.24, 2.45) is 0 Å². The number of hydrogen-bond donors (Lipinski definition) is 0. The first-order valence-corrected chi connectivity index (χ1v) is 8.76. The van der Waals surface area contributed by atoms with Crippen LogP contribution in [0.2, 0.25) is 0 Å². The summed E-state index contributed by atoms with van der Waals surface area (Å²) >= 11 is 0. The van der Waals surface area contributed by atoms with Gasteiger partial charge in [-0.15, -0.1) is 0 Å². The van der Waals surface area contributed by atoms with Crippen LogP contribution in [0.4, 0.5) is 11.4 Å². The number of benzene rings is 2. The molecule has 2 rings (SSSR count). The van der Waals surface area contributed by atoms with Crippen LogP contribution in [0.15, 0.2) is 42.5 Å². The van der Waals surface area contributed by atoms with E-state index in [1.54, 1.807) is 0 Å². The van der Waals surface area contributed by atoms with Crippen molar-refractivity contribution in [2.45, 2.75) is 59.3 Å². The molecule has 0 saturated carbocycles. The van der Waals surface area contributed by atoms with Gasteiger partial charge >= 0.3 is 0 Å². The van der Waals surface area contributed by atoms with Gasteiger partial charge in [-0.05, 0) is 66.1 Å². The van der Waals surface area contributed by atoms with Crippen molar-refractivity contribution in [3.63, 3.8) is 0 Å². The Kier molecular flexibility index (Phi) is 5.51. The van der Waals surface area contributed by atoms with E-state index < -0.39 is 0 Å². The molecule has 2 aromatic rings. The molecule has 0 atom stereocenters. The van der Waals surface area contributed by atoms with Crippen LogP contribution in [-0.4, -0.2) is 7.05 Å². The summed E-state index contributed by atoms with van der Waals surface area (Å²) in [6, 6.07) is 15.8. The van der Waals surface area contributed by atoms with Crippen LogP contribution in [0, 0.1) is 6.92 Å². The van der Waals surface area contributed by atoms with Gasteiger partial charge in [0.1, 0.15) is 0 Å². The maximum Gasteiger partial charge on any atom is 0.0413 e. The molecule has 0 radical (unpaired) electrons. The van der Waals surface area contributed by atoms with Crippen molar-refractivity contribution >= 4 is 11.4 Å². The molecule has 0 fully saturated rings. The highest BCUT2D eigenvalue weighted by Crippen LogP contribution is 2.31. The Hall–Kier alpha value is -1.76. The molecule has 0 N–H and O–H groups in total. The first kappa shape index (κ1) is 17.6. The fraction of sp³-hybridized carbons (Fsp3) is 0.455. The van der Waals surface area contributed by atoms with Crippen LogP contribution in [0.3, 0.4) is 0 Å². The van der Waals surface area contributed by atoms with Crippen LogP contribution < -0.4 is 4.90 Å². The number of anilines is 2. The summed E-state index contributed by atoms with van der Waals surface area (Å²) in [6.45, 7) is 11.3. The van der Waals surface area contributed by atoms with Crippen LogP contribution in [0.5, 0.6) is 0 Å². The van der Waals surface area contributed by atoms with E-state index in [4.69, 9.17) is 0 Å². The second-order valence-electron chi connectivity index (χ2n) is 7.64. The molecule has 0 unspecified atom stereocenters. The van der Waals surface area contributed by atoms with Gasteiger partial charge in [0.15, 0.2) is 0 Å². The van der Waals surface area contributed by atoms with E-state index in [0.717, 1.165) is 6.42 Å². The number of unbranched alkanes of at least 4 members (excludes halogenated alkanes) is 1. The quantitative estimate of drug-likeness (QED) is 0.617. The number of aryl methyl sites for hydroxylation is 2. The predicted octanol–water partition coefficient (Wildman–Crippen LogP) is 6.40. The van der Waals surface area contributed by atoms with Gasteiger partial charge in [0.25, 0.3) is 0 Å². The zero-order valence-corrected chi connectivity index (χ0v) is 15.6. The van der Waals surface area contributed by atoms with Crippen LogP contribution in [0.1, 0.15) is 57.2 Å². The summed E-state index contributed by atoms with van der Waals surface area (Å²) in [6.07, 6.45) is 3.65. The first-order valence-electron chi connectivity index (χ1n) is 8.76. The number of hydrogen-bond acceptors (Lipinski definition) is 1. The average molecular weight is 309 g/mol. The molecule has 23 heavy (non-hydrogen) atoms. The SMILES string of the molecule is CCCCc1cc(N(C)c2cccc(C)c2)cc(C(C)(C)C)c1. The van der Waals surface area contributed by atoms with E-state index in [1.165, 1.54) is 40.9 Å². The molecule has 0 aromatic heterocycles. The summed E-state index contributed by atoms with van der Waals surface area (Å²) in [7, 11) is 2.17. The van der Waals surface area contributed by atoms with Crippen LogP contribution in [-0.2, 0) is 11.8 Å². The average Bonchev–Trinajstić information content (AvgIpc) is 2.51. The van der Waals surface area contributed by atoms with Gasteiger partial charge in [0.05, 0.1) is 0 Å². The molecule has 0 saturated heterocycles. The topological polar surface area (TPSA) is 3.24 Å². The summed E-state index contributed by atoms with van der Waals surface area (Å²) in [5.41, 5.74) is 6.87. The summed E-state index contributed by atoms with van der Waals surface area (Å²) in [5.74, 6) is 0. The second-order valence-corrected chi connectivity index (χ2v) is 7.64. The summed E-state index contributed by atoms with van der Waals surface area (Å²) in [4.78, 5) is 2.30. The highest BCUT2D eigenvalue weighted by Gasteiger charge is 2.17. The zero-order valence-electron chi connectivity index (χ0n) is 15.6. The lowest BCUT2D eigenvalue weighted by molar-refractivity contribution is 0.589. The maximum atomic E-state index is 2.39. The first-order chi connectivity index (χ1) is 10.8. The van der Waals surface area contributed by atoms with Crippen molar-refractivity contribution in [1.82, 2.24) is 0 Å². The molecule has 1 heteroatoms. The summed E-state index contributed by atoms with van der Waals surface area (Å²) in [5, 5.41) is 0. The molecule has 1 nitrogen and oxygen atoms in total. The zero-order chi connectivity index (χ0) is 17.0. The lowest BCUT2D eigenvalue weighted by Crippen LogP contribution is -2.15. The highest BCUT2D eigenvalue weighted by atomic mass is 15.1. The Morgan fingerprint density at radius 1 is 0.957 bits per heavy atom. The molecule has 0 aliphatic carbocycles. The molecular weight excluding hydrogens is 278 g/mol. The minimum Gasteiger partial charge on any atom is -0.345 e. The predicted molar refractivity (Wildman–Crippen MR) is 103 cm³/mol. The fourth-order valence-electron chi connectivity index (χ4n) is 2.81.